The van der Waals surface area contributed by atoms with Crippen LogP contribution in [0.1, 0.15) is 10.4 Å². The number of ether oxygens (including phenoxy) is 1. The third kappa shape index (κ3) is 3.12. The lowest BCUT2D eigenvalue weighted by Gasteiger charge is -2.05. The number of nitrogens with zero attached hydrogens (tertiary/aromatic N) is 2. The minimum Gasteiger partial charge on any atom is -0.497 e. The second kappa shape index (κ2) is 6.53. The first-order chi connectivity index (χ1) is 12.6. The van der Waals surface area contributed by atoms with Gasteiger partial charge in [0.05, 0.1) is 18.1 Å². The molecule has 0 aliphatic carbocycles. The molecule has 0 unspecified atom stereocenters. The molecule has 0 aliphatic heterocycles. The summed E-state index contributed by atoms with van der Waals surface area (Å²) in [5, 5.41) is 10.1. The number of amides is 1. The fraction of sp³-hybridized carbons (Fsp3) is 0.0556. The third-order valence-corrected chi connectivity index (χ3v) is 4.05. The molecule has 8 heteroatoms. The van der Waals surface area contributed by atoms with Crippen LogP contribution < -0.4 is 10.1 Å². The topological polar surface area (TPSA) is 95.7 Å². The van der Waals surface area contributed by atoms with E-state index in [0.29, 0.717) is 33.7 Å². The summed E-state index contributed by atoms with van der Waals surface area (Å²) in [4.78, 5) is 20.1. The quantitative estimate of drug-likeness (QED) is 0.510. The van der Waals surface area contributed by atoms with E-state index in [2.05, 4.69) is 25.5 Å². The van der Waals surface area contributed by atoms with Gasteiger partial charge in [0.1, 0.15) is 11.4 Å². The minimum atomic E-state index is -0.339. The molecule has 0 saturated carbocycles. The number of para-hydroxylation sites is 2. The Balaban J connectivity index is 1.56. The smallest absolute Gasteiger partial charge is 0.257 e. The largest absolute Gasteiger partial charge is 0.497 e. The van der Waals surface area contributed by atoms with E-state index in [1.807, 2.05) is 24.3 Å². The van der Waals surface area contributed by atoms with Gasteiger partial charge >= 0.3 is 0 Å². The number of nitrogens with one attached hydrogen (secondary N) is 3. The lowest BCUT2D eigenvalue weighted by Crippen LogP contribution is -2.12. The Morgan fingerprint density at radius 1 is 1.19 bits per heavy atom. The number of H-pyrrole nitrogens is 2. The molecule has 0 bridgehead atoms. The number of hydrogen-bond acceptors (Lipinski definition) is 4. The van der Waals surface area contributed by atoms with Crippen LogP contribution in [0.15, 0.2) is 48.5 Å². The van der Waals surface area contributed by atoms with Gasteiger partial charge in [-0.3, -0.25) is 9.89 Å². The van der Waals surface area contributed by atoms with E-state index < -0.39 is 0 Å². The number of anilines is 1. The van der Waals surface area contributed by atoms with E-state index in [4.69, 9.17) is 16.3 Å². The van der Waals surface area contributed by atoms with Crippen LogP contribution in [0.3, 0.4) is 0 Å². The summed E-state index contributed by atoms with van der Waals surface area (Å²) in [6, 6.07) is 14.2. The molecule has 0 fully saturated rings. The molecule has 0 saturated heterocycles. The summed E-state index contributed by atoms with van der Waals surface area (Å²) in [6.07, 6.45) is 0. The highest BCUT2D eigenvalue weighted by atomic mass is 35.5. The van der Waals surface area contributed by atoms with Gasteiger partial charge in [-0.1, -0.05) is 23.7 Å². The van der Waals surface area contributed by atoms with Crippen LogP contribution in [0.4, 0.5) is 5.82 Å². The Morgan fingerprint density at radius 2 is 2.04 bits per heavy atom. The number of aromatic amines is 2. The van der Waals surface area contributed by atoms with Gasteiger partial charge in [-0.2, -0.15) is 5.10 Å². The van der Waals surface area contributed by atoms with Crippen molar-refractivity contribution in [3.8, 4) is 17.3 Å². The Kier molecular flexibility index (Phi) is 4.06. The van der Waals surface area contributed by atoms with Gasteiger partial charge < -0.3 is 15.0 Å². The minimum absolute atomic E-state index is 0.339. The summed E-state index contributed by atoms with van der Waals surface area (Å²) >= 11 is 6.00. The summed E-state index contributed by atoms with van der Waals surface area (Å²) in [5.74, 6) is 1.19. The molecule has 1 amide bonds. The van der Waals surface area contributed by atoms with E-state index >= 15 is 0 Å². The van der Waals surface area contributed by atoms with Crippen molar-refractivity contribution < 1.29 is 9.53 Å². The van der Waals surface area contributed by atoms with Crippen LogP contribution >= 0.6 is 11.6 Å². The SMILES string of the molecule is COc1cc(Cl)cc(C(=O)Nc2cc(-c3nc4ccccc4[nH]3)[nH]n2)c1. The normalized spacial score (nSPS) is 10.8. The number of carbonyl (C=O) groups excluding carboxylic acids is 1. The second-order valence-corrected chi connectivity index (χ2v) is 6.04. The van der Waals surface area contributed by atoms with Crippen LogP contribution in [0, 0.1) is 0 Å². The van der Waals surface area contributed by atoms with E-state index in [1.54, 1.807) is 24.3 Å². The summed E-state index contributed by atoms with van der Waals surface area (Å²) in [6.45, 7) is 0. The van der Waals surface area contributed by atoms with Crippen molar-refractivity contribution in [2.24, 2.45) is 0 Å². The van der Waals surface area contributed by atoms with Crippen molar-refractivity contribution in [2.75, 3.05) is 12.4 Å². The average molecular weight is 368 g/mol. The molecule has 2 aromatic heterocycles. The number of imidazole rings is 1. The molecule has 0 aliphatic rings. The van der Waals surface area contributed by atoms with E-state index in [0.717, 1.165) is 11.0 Å². The van der Waals surface area contributed by atoms with Crippen molar-refractivity contribution in [3.63, 3.8) is 0 Å². The standard InChI is InChI=1S/C18H14ClN5O2/c1-26-12-7-10(6-11(19)8-12)18(25)22-16-9-15(23-24-16)17-20-13-4-2-3-5-14(13)21-17/h2-9H,1H3,(H,20,21)(H2,22,23,24,25). The summed E-state index contributed by atoms with van der Waals surface area (Å²) in [7, 11) is 1.51. The zero-order chi connectivity index (χ0) is 18.1. The first-order valence-electron chi connectivity index (χ1n) is 7.79. The monoisotopic (exact) mass is 367 g/mol. The van der Waals surface area contributed by atoms with Gasteiger partial charge in [0.15, 0.2) is 11.6 Å². The van der Waals surface area contributed by atoms with Crippen LogP contribution in [0.2, 0.25) is 5.02 Å². The number of fused-ring (bicyclic) bond motifs is 1. The molecule has 130 valence electrons. The van der Waals surface area contributed by atoms with Gasteiger partial charge in [0.25, 0.3) is 5.91 Å². The lowest BCUT2D eigenvalue weighted by atomic mass is 10.2. The molecule has 2 heterocycles. The number of halogens is 1. The lowest BCUT2D eigenvalue weighted by molar-refractivity contribution is 0.102. The van der Waals surface area contributed by atoms with Crippen molar-refractivity contribution in [1.82, 2.24) is 20.2 Å². The molecular weight excluding hydrogens is 354 g/mol. The Labute approximate surface area is 153 Å². The average Bonchev–Trinajstić information content (AvgIpc) is 3.27. The van der Waals surface area contributed by atoms with Crippen LogP contribution in [-0.2, 0) is 0 Å². The highest BCUT2D eigenvalue weighted by Crippen LogP contribution is 2.23. The predicted molar refractivity (Wildman–Crippen MR) is 99.6 cm³/mol. The number of rotatable bonds is 4. The van der Waals surface area contributed by atoms with Crippen LogP contribution in [0.25, 0.3) is 22.6 Å². The second-order valence-electron chi connectivity index (χ2n) is 5.60. The molecule has 4 rings (SSSR count). The summed E-state index contributed by atoms with van der Waals surface area (Å²) in [5.41, 5.74) is 2.82. The van der Waals surface area contributed by atoms with Crippen LogP contribution in [0.5, 0.6) is 5.75 Å². The summed E-state index contributed by atoms with van der Waals surface area (Å²) < 4.78 is 5.13. The highest BCUT2D eigenvalue weighted by Gasteiger charge is 2.13. The first-order valence-corrected chi connectivity index (χ1v) is 8.16. The van der Waals surface area contributed by atoms with Crippen molar-refractivity contribution >= 4 is 34.4 Å². The molecule has 0 spiro atoms. The maximum Gasteiger partial charge on any atom is 0.257 e. The molecule has 26 heavy (non-hydrogen) atoms. The first kappa shape index (κ1) is 16.2. The van der Waals surface area contributed by atoms with Gasteiger partial charge in [-0.15, -0.1) is 0 Å². The number of hydrogen-bond donors (Lipinski definition) is 3. The van der Waals surface area contributed by atoms with Crippen molar-refractivity contribution in [1.29, 1.82) is 0 Å². The molecule has 7 nitrogen and oxygen atoms in total. The van der Waals surface area contributed by atoms with Crippen LogP contribution in [-0.4, -0.2) is 33.2 Å². The molecule has 0 atom stereocenters. The van der Waals surface area contributed by atoms with Gasteiger partial charge in [0.2, 0.25) is 0 Å². The van der Waals surface area contributed by atoms with E-state index in [9.17, 15) is 4.79 Å². The number of carbonyl (C=O) groups is 1. The molecular formula is C18H14ClN5O2. The van der Waals surface area contributed by atoms with Crippen molar-refractivity contribution in [2.45, 2.75) is 0 Å². The maximum absolute atomic E-state index is 12.4. The molecule has 4 aromatic rings. The van der Waals surface area contributed by atoms with Crippen molar-refractivity contribution in [3.05, 3.63) is 59.1 Å². The van der Waals surface area contributed by atoms with Gasteiger partial charge in [-0.25, -0.2) is 4.98 Å². The van der Waals surface area contributed by atoms with E-state index in [1.165, 1.54) is 7.11 Å². The Morgan fingerprint density at radius 3 is 2.85 bits per heavy atom. The van der Waals surface area contributed by atoms with E-state index in [-0.39, 0.29) is 5.91 Å². The number of aromatic nitrogens is 4. The maximum atomic E-state index is 12.4. The zero-order valence-corrected chi connectivity index (χ0v) is 14.5. The zero-order valence-electron chi connectivity index (χ0n) is 13.7. The van der Waals surface area contributed by atoms with Gasteiger partial charge in [-0.05, 0) is 30.3 Å². The molecule has 2 aromatic carbocycles. The fourth-order valence-corrected chi connectivity index (χ4v) is 2.81. The molecule has 0 radical (unpaired) electrons. The van der Waals surface area contributed by atoms with Gasteiger partial charge in [0, 0.05) is 16.7 Å². The number of methoxy groups -OCH3 is 1. The Bertz CT molecular complexity index is 1070. The molecule has 3 N–H and O–H groups in total. The third-order valence-electron chi connectivity index (χ3n) is 3.83. The highest BCUT2D eigenvalue weighted by molar-refractivity contribution is 6.31. The fourth-order valence-electron chi connectivity index (χ4n) is 2.59. The predicted octanol–water partition coefficient (Wildman–Crippen LogP) is 3.87. The number of benzene rings is 2. The Hall–Kier alpha value is -3.32.